The molecule has 10 heteroatoms. The summed E-state index contributed by atoms with van der Waals surface area (Å²) in [6.45, 7) is 1.40. The maximum Gasteiger partial charge on any atom is 0.242 e. The van der Waals surface area contributed by atoms with Crippen LogP contribution in [0.5, 0.6) is 11.5 Å². The summed E-state index contributed by atoms with van der Waals surface area (Å²) in [6, 6.07) is 16.6. The largest absolute Gasteiger partial charge is 0.455 e. The van der Waals surface area contributed by atoms with Crippen molar-refractivity contribution in [2.24, 2.45) is 0 Å². The highest BCUT2D eigenvalue weighted by molar-refractivity contribution is 7.89. The Morgan fingerprint density at radius 3 is 2.29 bits per heavy atom. The van der Waals surface area contributed by atoms with Crippen molar-refractivity contribution in [1.82, 2.24) is 4.72 Å². The molecule has 1 atom stereocenters. The zero-order valence-electron chi connectivity index (χ0n) is 16.1. The van der Waals surface area contributed by atoms with Gasteiger partial charge in [-0.05, 0) is 55.5 Å². The molecule has 31 heavy (non-hydrogen) atoms. The number of halogens is 3. The fourth-order valence-electron chi connectivity index (χ4n) is 2.58. The van der Waals surface area contributed by atoms with E-state index in [1.54, 1.807) is 36.4 Å². The normalized spacial score (nSPS) is 12.3. The molecule has 6 nitrogen and oxygen atoms in total. The molecule has 0 unspecified atom stereocenters. The van der Waals surface area contributed by atoms with Gasteiger partial charge in [0, 0.05) is 10.0 Å². The fraction of sp³-hybridized carbons (Fsp3) is 0.0952. The van der Waals surface area contributed by atoms with Crippen molar-refractivity contribution in [3.8, 4) is 11.5 Å². The van der Waals surface area contributed by atoms with E-state index in [4.69, 9.17) is 39.5 Å². The molecule has 2 N–H and O–H groups in total. The van der Waals surface area contributed by atoms with Gasteiger partial charge in [-0.3, -0.25) is 4.79 Å². The van der Waals surface area contributed by atoms with E-state index in [2.05, 4.69) is 10.0 Å². The Morgan fingerprint density at radius 2 is 1.58 bits per heavy atom. The third-order valence-electron chi connectivity index (χ3n) is 4.08. The van der Waals surface area contributed by atoms with Gasteiger partial charge in [0.15, 0.2) is 5.75 Å². The van der Waals surface area contributed by atoms with E-state index in [0.29, 0.717) is 16.5 Å². The van der Waals surface area contributed by atoms with Crippen LogP contribution in [0.25, 0.3) is 0 Å². The molecule has 0 bridgehead atoms. The molecule has 162 valence electrons. The average Bonchev–Trinajstić information content (AvgIpc) is 2.72. The summed E-state index contributed by atoms with van der Waals surface area (Å²) in [6.07, 6.45) is 0. The van der Waals surface area contributed by atoms with Crippen LogP contribution in [0.3, 0.4) is 0 Å². The number of ether oxygens (including phenoxy) is 1. The summed E-state index contributed by atoms with van der Waals surface area (Å²) >= 11 is 17.9. The number of nitrogens with one attached hydrogen (secondary N) is 2. The van der Waals surface area contributed by atoms with E-state index in [1.165, 1.54) is 31.2 Å². The number of rotatable bonds is 7. The van der Waals surface area contributed by atoms with Crippen LogP contribution in [-0.2, 0) is 14.8 Å². The molecular weight excluding hydrogens is 483 g/mol. The number of hydrogen-bond acceptors (Lipinski definition) is 4. The van der Waals surface area contributed by atoms with Crippen molar-refractivity contribution in [3.05, 3.63) is 81.8 Å². The summed E-state index contributed by atoms with van der Waals surface area (Å²) in [5.74, 6) is 0.281. The molecule has 0 aromatic heterocycles. The van der Waals surface area contributed by atoms with E-state index >= 15 is 0 Å². The number of carbonyl (C=O) groups is 1. The Labute approximate surface area is 195 Å². The van der Waals surface area contributed by atoms with Gasteiger partial charge in [0.05, 0.1) is 16.8 Å². The Kier molecular flexibility index (Phi) is 7.46. The van der Waals surface area contributed by atoms with Crippen LogP contribution in [0.4, 0.5) is 5.69 Å². The van der Waals surface area contributed by atoms with Gasteiger partial charge >= 0.3 is 0 Å². The van der Waals surface area contributed by atoms with Gasteiger partial charge in [0.1, 0.15) is 10.6 Å². The van der Waals surface area contributed by atoms with Crippen molar-refractivity contribution in [3.63, 3.8) is 0 Å². The maximum absolute atomic E-state index is 12.7. The molecule has 0 saturated carbocycles. The van der Waals surface area contributed by atoms with Crippen LogP contribution in [0.15, 0.2) is 71.6 Å². The lowest BCUT2D eigenvalue weighted by molar-refractivity contribution is -0.117. The Morgan fingerprint density at radius 1 is 0.935 bits per heavy atom. The molecular formula is C21H17Cl3N2O4S. The molecule has 0 aliphatic carbocycles. The molecule has 0 saturated heterocycles. The van der Waals surface area contributed by atoms with Crippen LogP contribution in [0.1, 0.15) is 6.92 Å². The zero-order chi connectivity index (χ0) is 22.6. The smallest absolute Gasteiger partial charge is 0.242 e. The average molecular weight is 500 g/mol. The number of carbonyl (C=O) groups excluding carboxylic acids is 1. The minimum absolute atomic E-state index is 0.0158. The molecule has 1 amide bonds. The van der Waals surface area contributed by atoms with Crippen molar-refractivity contribution < 1.29 is 17.9 Å². The highest BCUT2D eigenvalue weighted by atomic mass is 35.5. The molecule has 3 aromatic rings. The van der Waals surface area contributed by atoms with Gasteiger partial charge in [-0.25, -0.2) is 8.42 Å². The lowest BCUT2D eigenvalue weighted by atomic mass is 10.2. The van der Waals surface area contributed by atoms with Gasteiger partial charge in [0.2, 0.25) is 15.9 Å². The minimum Gasteiger partial charge on any atom is -0.455 e. The second-order valence-electron chi connectivity index (χ2n) is 6.46. The first kappa shape index (κ1) is 23.4. The van der Waals surface area contributed by atoms with Gasteiger partial charge in [-0.15, -0.1) is 0 Å². The Balaban J connectivity index is 1.78. The van der Waals surface area contributed by atoms with Crippen LogP contribution < -0.4 is 14.8 Å². The second-order valence-corrected chi connectivity index (χ2v) is 9.43. The maximum atomic E-state index is 12.7. The van der Waals surface area contributed by atoms with E-state index in [1.807, 2.05) is 6.07 Å². The third-order valence-corrected chi connectivity index (χ3v) is 6.57. The number of hydrogen-bond donors (Lipinski definition) is 2. The molecule has 3 aromatic carbocycles. The summed E-state index contributed by atoms with van der Waals surface area (Å²) in [5.41, 5.74) is 0.285. The van der Waals surface area contributed by atoms with E-state index < -0.39 is 22.0 Å². The number of sulfonamides is 1. The third kappa shape index (κ3) is 6.12. The molecule has 0 aliphatic rings. The van der Waals surface area contributed by atoms with Crippen LogP contribution in [-0.4, -0.2) is 20.4 Å². The van der Waals surface area contributed by atoms with Gasteiger partial charge in [-0.2, -0.15) is 4.72 Å². The summed E-state index contributed by atoms with van der Waals surface area (Å²) in [7, 11) is -4.10. The number of anilines is 1. The molecule has 0 fully saturated rings. The Bertz CT molecular complexity index is 1200. The van der Waals surface area contributed by atoms with Crippen molar-refractivity contribution >= 4 is 56.4 Å². The zero-order valence-corrected chi connectivity index (χ0v) is 19.2. The quantitative estimate of drug-likeness (QED) is 0.434. The van der Waals surface area contributed by atoms with Crippen molar-refractivity contribution in [1.29, 1.82) is 0 Å². The monoisotopic (exact) mass is 498 g/mol. The second kappa shape index (κ2) is 9.89. The van der Waals surface area contributed by atoms with Gasteiger partial charge < -0.3 is 10.1 Å². The van der Waals surface area contributed by atoms with E-state index in [-0.39, 0.29) is 20.6 Å². The topological polar surface area (TPSA) is 84.5 Å². The Hall–Kier alpha value is -2.29. The predicted octanol–water partition coefficient (Wildman–Crippen LogP) is 5.74. The highest BCUT2D eigenvalue weighted by Gasteiger charge is 2.25. The summed E-state index contributed by atoms with van der Waals surface area (Å²) in [4.78, 5) is 12.5. The van der Waals surface area contributed by atoms with E-state index in [0.717, 1.165) is 0 Å². The van der Waals surface area contributed by atoms with Crippen LogP contribution >= 0.6 is 34.8 Å². The van der Waals surface area contributed by atoms with Crippen LogP contribution in [0.2, 0.25) is 15.1 Å². The number of amides is 1. The standard InChI is InChI=1S/C21H17Cl3N2O4S/c1-13(26-31(28,29)20-12-15(23)7-9-17(20)24)21(27)25-18-11-14(22)8-10-19(18)30-16-5-3-2-4-6-16/h2-13,26H,1H3,(H,25,27)/t13-/m0/s1. The lowest BCUT2D eigenvalue weighted by Gasteiger charge is -2.17. The number of benzene rings is 3. The molecule has 0 heterocycles. The van der Waals surface area contributed by atoms with Gasteiger partial charge in [0.25, 0.3) is 0 Å². The van der Waals surface area contributed by atoms with Gasteiger partial charge in [-0.1, -0.05) is 53.0 Å². The SMILES string of the molecule is C[C@H](NS(=O)(=O)c1cc(Cl)ccc1Cl)C(=O)Nc1cc(Cl)ccc1Oc1ccccc1. The summed E-state index contributed by atoms with van der Waals surface area (Å²) < 4.78 is 33.4. The fourth-order valence-corrected chi connectivity index (χ4v) is 4.72. The van der Waals surface area contributed by atoms with Crippen LogP contribution in [0, 0.1) is 0 Å². The minimum atomic E-state index is -4.10. The first-order valence-electron chi connectivity index (χ1n) is 8.96. The van der Waals surface area contributed by atoms with E-state index in [9.17, 15) is 13.2 Å². The van der Waals surface area contributed by atoms with Crippen molar-refractivity contribution in [2.75, 3.05) is 5.32 Å². The molecule has 0 spiro atoms. The van der Waals surface area contributed by atoms with Crippen molar-refractivity contribution in [2.45, 2.75) is 17.9 Å². The molecule has 0 aliphatic heterocycles. The molecule has 3 rings (SSSR count). The predicted molar refractivity (Wildman–Crippen MR) is 123 cm³/mol. The number of para-hydroxylation sites is 1. The lowest BCUT2D eigenvalue weighted by Crippen LogP contribution is -2.41. The first-order chi connectivity index (χ1) is 14.7. The first-order valence-corrected chi connectivity index (χ1v) is 11.6. The molecule has 0 radical (unpaired) electrons. The highest BCUT2D eigenvalue weighted by Crippen LogP contribution is 2.32. The summed E-state index contributed by atoms with van der Waals surface area (Å²) in [5, 5.41) is 3.19.